The van der Waals surface area contributed by atoms with Gasteiger partial charge in [0.2, 0.25) is 0 Å². The van der Waals surface area contributed by atoms with Gasteiger partial charge in [-0.05, 0) is 25.5 Å². The van der Waals surface area contributed by atoms with E-state index in [0.717, 1.165) is 5.56 Å². The number of rotatable bonds is 11. The zero-order chi connectivity index (χ0) is 15.6. The summed E-state index contributed by atoms with van der Waals surface area (Å²) in [5.74, 6) is 0. The van der Waals surface area contributed by atoms with Crippen LogP contribution in [0.4, 0.5) is 0 Å². The maximum atomic E-state index is 11.8. The summed E-state index contributed by atoms with van der Waals surface area (Å²) < 4.78 is 38.8. The quantitative estimate of drug-likeness (QED) is 0.486. The fourth-order valence-corrected chi connectivity index (χ4v) is 2.40. The Morgan fingerprint density at radius 1 is 0.952 bits per heavy atom. The van der Waals surface area contributed by atoms with E-state index in [4.69, 9.17) is 18.8 Å². The van der Waals surface area contributed by atoms with Crippen LogP contribution in [0.3, 0.4) is 0 Å². The largest absolute Gasteiger partial charge is 0.394 e. The second-order valence-electron chi connectivity index (χ2n) is 4.39. The number of hydrogen-bond donors (Lipinski definition) is 1. The third-order valence-electron chi connectivity index (χ3n) is 2.59. The fraction of sp³-hybridized carbons (Fsp3) is 0.571. The van der Waals surface area contributed by atoms with Crippen molar-refractivity contribution in [2.75, 3.05) is 39.6 Å². The predicted octanol–water partition coefficient (Wildman–Crippen LogP) is 1.12. The molecular weight excluding hydrogens is 296 g/mol. The molecule has 21 heavy (non-hydrogen) atoms. The molecule has 0 saturated carbocycles. The van der Waals surface area contributed by atoms with Gasteiger partial charge in [0, 0.05) is 13.2 Å². The van der Waals surface area contributed by atoms with Crippen LogP contribution < -0.4 is 0 Å². The van der Waals surface area contributed by atoms with Crippen LogP contribution in [0, 0.1) is 6.92 Å². The topological polar surface area (TPSA) is 82.1 Å². The third kappa shape index (κ3) is 7.54. The van der Waals surface area contributed by atoms with Crippen molar-refractivity contribution >= 4 is 10.1 Å². The van der Waals surface area contributed by atoms with Crippen LogP contribution in [-0.4, -0.2) is 53.2 Å². The molecule has 0 atom stereocenters. The van der Waals surface area contributed by atoms with Gasteiger partial charge in [0.05, 0.1) is 31.3 Å². The molecule has 1 N–H and O–H groups in total. The third-order valence-corrected chi connectivity index (χ3v) is 3.92. The van der Waals surface area contributed by atoms with Crippen molar-refractivity contribution in [3.8, 4) is 0 Å². The first-order valence-electron chi connectivity index (χ1n) is 6.79. The maximum Gasteiger partial charge on any atom is 0.297 e. The molecule has 0 heterocycles. The number of aliphatic hydroxyl groups is 1. The number of hydrogen-bond acceptors (Lipinski definition) is 6. The Kier molecular flexibility index (Phi) is 8.48. The molecule has 0 aliphatic heterocycles. The van der Waals surface area contributed by atoms with E-state index in [1.807, 2.05) is 6.92 Å². The van der Waals surface area contributed by atoms with Crippen LogP contribution in [0.2, 0.25) is 0 Å². The average molecular weight is 318 g/mol. The molecule has 0 spiro atoms. The van der Waals surface area contributed by atoms with Crippen molar-refractivity contribution < 1.29 is 27.2 Å². The minimum absolute atomic E-state index is 0.00552. The molecule has 1 aromatic rings. The normalized spacial score (nSPS) is 11.7. The van der Waals surface area contributed by atoms with Crippen LogP contribution in [0.1, 0.15) is 12.0 Å². The van der Waals surface area contributed by atoms with Gasteiger partial charge in [0.25, 0.3) is 10.1 Å². The molecular formula is C14H22O6S. The van der Waals surface area contributed by atoms with Crippen molar-refractivity contribution in [3.05, 3.63) is 29.8 Å². The summed E-state index contributed by atoms with van der Waals surface area (Å²) in [5, 5.41) is 8.49. The Morgan fingerprint density at radius 3 is 2.19 bits per heavy atom. The van der Waals surface area contributed by atoms with Crippen molar-refractivity contribution in [2.24, 2.45) is 0 Å². The lowest BCUT2D eigenvalue weighted by molar-refractivity contribution is 0.0560. The molecule has 0 saturated heterocycles. The minimum Gasteiger partial charge on any atom is -0.394 e. The first-order chi connectivity index (χ1) is 10.1. The molecule has 6 nitrogen and oxygen atoms in total. The van der Waals surface area contributed by atoms with Crippen LogP contribution in [0.15, 0.2) is 29.2 Å². The molecule has 120 valence electrons. The highest BCUT2D eigenvalue weighted by molar-refractivity contribution is 7.86. The van der Waals surface area contributed by atoms with Crippen LogP contribution in [-0.2, 0) is 23.8 Å². The van der Waals surface area contributed by atoms with Crippen molar-refractivity contribution in [1.82, 2.24) is 0 Å². The van der Waals surface area contributed by atoms with E-state index in [0.29, 0.717) is 26.2 Å². The Hall–Kier alpha value is -0.990. The second-order valence-corrected chi connectivity index (χ2v) is 6.01. The van der Waals surface area contributed by atoms with E-state index in [2.05, 4.69) is 0 Å². The average Bonchev–Trinajstić information content (AvgIpc) is 2.46. The Morgan fingerprint density at radius 2 is 1.57 bits per heavy atom. The highest BCUT2D eigenvalue weighted by Gasteiger charge is 2.14. The fourth-order valence-electron chi connectivity index (χ4n) is 1.51. The monoisotopic (exact) mass is 318 g/mol. The number of ether oxygens (including phenoxy) is 2. The van der Waals surface area contributed by atoms with Crippen molar-refractivity contribution in [1.29, 1.82) is 0 Å². The Bertz CT molecular complexity index is 483. The summed E-state index contributed by atoms with van der Waals surface area (Å²) in [5.41, 5.74) is 0.987. The molecule has 7 heteroatoms. The molecule has 0 bridgehead atoms. The van der Waals surface area contributed by atoms with Gasteiger partial charge in [-0.3, -0.25) is 4.18 Å². The van der Waals surface area contributed by atoms with E-state index in [-0.39, 0.29) is 24.7 Å². The smallest absolute Gasteiger partial charge is 0.297 e. The first-order valence-corrected chi connectivity index (χ1v) is 8.19. The summed E-state index contributed by atoms with van der Waals surface area (Å²) in [6.45, 7) is 3.35. The van der Waals surface area contributed by atoms with E-state index >= 15 is 0 Å². The van der Waals surface area contributed by atoms with Gasteiger partial charge in [-0.2, -0.15) is 8.42 Å². The highest BCUT2D eigenvalue weighted by atomic mass is 32.2. The van der Waals surface area contributed by atoms with Gasteiger partial charge >= 0.3 is 0 Å². The first kappa shape index (κ1) is 18.1. The number of benzene rings is 1. The molecule has 1 rings (SSSR count). The minimum atomic E-state index is -3.71. The van der Waals surface area contributed by atoms with Gasteiger partial charge < -0.3 is 14.6 Å². The summed E-state index contributed by atoms with van der Waals surface area (Å²) in [7, 11) is -3.71. The van der Waals surface area contributed by atoms with Gasteiger partial charge in [-0.1, -0.05) is 17.7 Å². The predicted molar refractivity (Wildman–Crippen MR) is 77.7 cm³/mol. The molecule has 1 aromatic carbocycles. The van der Waals surface area contributed by atoms with Gasteiger partial charge in [-0.25, -0.2) is 0 Å². The standard InChI is InChI=1S/C14H22O6S/c1-13-3-5-14(6-4-13)21(16,17)20-12-11-19-9-2-8-18-10-7-15/h3-6,15H,2,7-12H2,1H3. The summed E-state index contributed by atoms with van der Waals surface area (Å²) in [6, 6.07) is 6.48. The van der Waals surface area contributed by atoms with Gasteiger partial charge in [-0.15, -0.1) is 0 Å². The second kappa shape index (κ2) is 9.86. The van der Waals surface area contributed by atoms with E-state index < -0.39 is 10.1 Å². The summed E-state index contributed by atoms with van der Waals surface area (Å²) in [4.78, 5) is 0.144. The lowest BCUT2D eigenvalue weighted by Crippen LogP contribution is -2.12. The molecule has 0 aromatic heterocycles. The lowest BCUT2D eigenvalue weighted by Gasteiger charge is -2.07. The lowest BCUT2D eigenvalue weighted by atomic mass is 10.2. The molecule has 0 aliphatic carbocycles. The summed E-state index contributed by atoms with van der Waals surface area (Å²) in [6.07, 6.45) is 0.685. The van der Waals surface area contributed by atoms with Gasteiger partial charge in [0.1, 0.15) is 0 Å². The Labute approximate surface area is 125 Å². The molecule has 0 amide bonds. The zero-order valence-electron chi connectivity index (χ0n) is 12.2. The van der Waals surface area contributed by atoms with Crippen LogP contribution in [0.25, 0.3) is 0 Å². The van der Waals surface area contributed by atoms with E-state index in [1.54, 1.807) is 12.1 Å². The Balaban J connectivity index is 2.15. The highest BCUT2D eigenvalue weighted by Crippen LogP contribution is 2.12. The van der Waals surface area contributed by atoms with Crippen molar-refractivity contribution in [2.45, 2.75) is 18.2 Å². The van der Waals surface area contributed by atoms with Crippen LogP contribution >= 0.6 is 0 Å². The molecule has 0 fully saturated rings. The summed E-state index contributed by atoms with van der Waals surface area (Å²) >= 11 is 0. The zero-order valence-corrected chi connectivity index (χ0v) is 13.0. The van der Waals surface area contributed by atoms with Crippen LogP contribution in [0.5, 0.6) is 0 Å². The maximum absolute atomic E-state index is 11.8. The van der Waals surface area contributed by atoms with Gasteiger partial charge in [0.15, 0.2) is 0 Å². The SMILES string of the molecule is Cc1ccc(S(=O)(=O)OCCOCCCOCCO)cc1. The molecule has 0 aliphatic rings. The number of aliphatic hydroxyl groups excluding tert-OH is 1. The molecule has 0 radical (unpaired) electrons. The van der Waals surface area contributed by atoms with E-state index in [1.165, 1.54) is 12.1 Å². The number of aryl methyl sites for hydroxylation is 1. The van der Waals surface area contributed by atoms with Crippen molar-refractivity contribution in [3.63, 3.8) is 0 Å². The molecule has 0 unspecified atom stereocenters. The van der Waals surface area contributed by atoms with E-state index in [9.17, 15) is 8.42 Å².